The highest BCUT2D eigenvalue weighted by Crippen LogP contribution is 2.35. The van der Waals surface area contributed by atoms with Gasteiger partial charge in [-0.25, -0.2) is 0 Å². The summed E-state index contributed by atoms with van der Waals surface area (Å²) in [5, 5.41) is 0.234. The normalized spacial score (nSPS) is 14.1. The van der Waals surface area contributed by atoms with E-state index in [2.05, 4.69) is 74.5 Å². The smallest absolute Gasteiger partial charge is 0.325 e. The molecule has 0 rings (SSSR count). The van der Waals surface area contributed by atoms with Crippen LogP contribution in [0.15, 0.2) is 0 Å². The Labute approximate surface area is 115 Å². The maximum absolute atomic E-state index is 6.63. The Morgan fingerprint density at radius 2 is 1.35 bits per heavy atom. The van der Waals surface area contributed by atoms with Gasteiger partial charge in [-0.2, -0.15) is 11.5 Å². The van der Waals surface area contributed by atoms with Gasteiger partial charge in [0.1, 0.15) is 0 Å². The molecule has 0 aliphatic heterocycles. The molecular formula is C13H29B2ClN. The minimum absolute atomic E-state index is 0.0287. The molecule has 0 atom stereocenters. The van der Waals surface area contributed by atoms with E-state index in [0.29, 0.717) is 0 Å². The number of hydrogen-bond acceptors (Lipinski definition) is 1. The van der Waals surface area contributed by atoms with Crippen molar-refractivity contribution >= 4 is 25.1 Å². The largest absolute Gasteiger partial charge is 0.373 e. The van der Waals surface area contributed by atoms with Crippen LogP contribution in [0.3, 0.4) is 0 Å². The van der Waals surface area contributed by atoms with Crippen LogP contribution in [0.4, 0.5) is 0 Å². The molecular weight excluding hydrogens is 227 g/mol. The zero-order chi connectivity index (χ0) is 14.1. The number of nitrogens with zero attached hydrogens (tertiary/aromatic N) is 1. The molecule has 0 saturated carbocycles. The number of rotatable bonds is 3. The number of hydrogen-bond donors (Lipinski definition) is 0. The van der Waals surface area contributed by atoms with Crippen molar-refractivity contribution < 1.29 is 0 Å². The van der Waals surface area contributed by atoms with Crippen molar-refractivity contribution in [3.05, 3.63) is 0 Å². The lowest BCUT2D eigenvalue weighted by Crippen LogP contribution is -2.49. The van der Waals surface area contributed by atoms with Gasteiger partial charge in [0.2, 0.25) is 7.41 Å². The summed E-state index contributed by atoms with van der Waals surface area (Å²) in [6.45, 7) is 21.0. The van der Waals surface area contributed by atoms with Gasteiger partial charge >= 0.3 is 6.26 Å². The minimum Gasteiger partial charge on any atom is -0.373 e. The molecule has 0 aliphatic carbocycles. The molecule has 0 N–H and O–H groups in total. The molecule has 1 radical (unpaired) electrons. The van der Waals surface area contributed by atoms with Crippen molar-refractivity contribution in [1.82, 2.24) is 4.72 Å². The zero-order valence-electron chi connectivity index (χ0n) is 13.2. The first-order chi connectivity index (χ1) is 7.22. The maximum Gasteiger partial charge on any atom is 0.325 e. The summed E-state index contributed by atoms with van der Waals surface area (Å²) < 4.78 is 2.31. The Hall–Kier alpha value is 0.380. The van der Waals surface area contributed by atoms with E-state index in [1.165, 1.54) is 0 Å². The van der Waals surface area contributed by atoms with E-state index in [1.807, 2.05) is 0 Å². The SMILES string of the molecule is CC(C)(C)[B]N(CC(C)(C)C)B(Cl)C(C)(C)C. The molecule has 0 amide bonds. The molecule has 99 valence electrons. The fourth-order valence-corrected chi connectivity index (χ4v) is 1.86. The second-order valence-corrected chi connectivity index (χ2v) is 8.84. The lowest BCUT2D eigenvalue weighted by atomic mass is 9.51. The van der Waals surface area contributed by atoms with Gasteiger partial charge in [0.25, 0.3) is 0 Å². The molecule has 0 bridgehead atoms. The molecule has 4 heteroatoms. The van der Waals surface area contributed by atoms with Crippen molar-refractivity contribution in [3.8, 4) is 0 Å². The van der Waals surface area contributed by atoms with Crippen LogP contribution in [0, 0.1) is 5.41 Å². The quantitative estimate of drug-likeness (QED) is 0.662. The predicted molar refractivity (Wildman–Crippen MR) is 83.0 cm³/mol. The molecule has 0 spiro atoms. The molecule has 0 aromatic heterocycles. The van der Waals surface area contributed by atoms with Crippen LogP contribution in [0.2, 0.25) is 10.6 Å². The molecule has 1 nitrogen and oxygen atoms in total. The average molecular weight is 256 g/mol. The lowest BCUT2D eigenvalue weighted by Gasteiger charge is -2.40. The van der Waals surface area contributed by atoms with Crippen molar-refractivity contribution in [2.24, 2.45) is 5.41 Å². The van der Waals surface area contributed by atoms with E-state index in [4.69, 9.17) is 11.5 Å². The lowest BCUT2D eigenvalue weighted by molar-refractivity contribution is 0.346. The second-order valence-electron chi connectivity index (χ2n) is 8.43. The Morgan fingerprint density at radius 1 is 0.941 bits per heavy atom. The fraction of sp³-hybridized carbons (Fsp3) is 1.00. The third kappa shape index (κ3) is 8.15. The van der Waals surface area contributed by atoms with Gasteiger partial charge in [-0.05, 0) is 22.6 Å². The molecule has 0 aromatic carbocycles. The monoisotopic (exact) mass is 256 g/mol. The summed E-state index contributed by atoms with van der Waals surface area (Å²) in [5.74, 6) is 0. The van der Waals surface area contributed by atoms with Gasteiger partial charge in [0, 0.05) is 0 Å². The van der Waals surface area contributed by atoms with Gasteiger partial charge in [-0.1, -0.05) is 62.3 Å². The summed E-state index contributed by atoms with van der Waals surface area (Å²) in [6.07, 6.45) is 0.0287. The van der Waals surface area contributed by atoms with E-state index in [9.17, 15) is 0 Å². The van der Waals surface area contributed by atoms with Crippen molar-refractivity contribution in [1.29, 1.82) is 0 Å². The summed E-state index contributed by atoms with van der Waals surface area (Å²) in [6, 6.07) is 0. The molecule has 0 fully saturated rings. The van der Waals surface area contributed by atoms with Gasteiger partial charge < -0.3 is 4.72 Å². The van der Waals surface area contributed by atoms with E-state index >= 15 is 0 Å². The summed E-state index contributed by atoms with van der Waals surface area (Å²) in [4.78, 5) is 0. The minimum atomic E-state index is 0.0287. The van der Waals surface area contributed by atoms with Crippen LogP contribution in [-0.4, -0.2) is 24.9 Å². The van der Waals surface area contributed by atoms with E-state index in [-0.39, 0.29) is 22.3 Å². The van der Waals surface area contributed by atoms with Gasteiger partial charge in [0.15, 0.2) is 0 Å². The summed E-state index contributed by atoms with van der Waals surface area (Å²) in [7, 11) is 2.28. The molecule has 17 heavy (non-hydrogen) atoms. The van der Waals surface area contributed by atoms with Crippen molar-refractivity contribution in [3.63, 3.8) is 0 Å². The van der Waals surface area contributed by atoms with Crippen LogP contribution in [0.5, 0.6) is 0 Å². The number of halogens is 1. The Kier molecular flexibility index (Phi) is 5.69. The van der Waals surface area contributed by atoms with E-state index < -0.39 is 0 Å². The van der Waals surface area contributed by atoms with Crippen molar-refractivity contribution in [2.75, 3.05) is 6.54 Å². The van der Waals surface area contributed by atoms with Gasteiger partial charge in [-0.15, -0.1) is 0 Å². The molecule has 0 unspecified atom stereocenters. The van der Waals surface area contributed by atoms with Crippen LogP contribution in [-0.2, 0) is 0 Å². The Morgan fingerprint density at radius 3 is 1.59 bits per heavy atom. The molecule has 0 heterocycles. The highest BCUT2D eigenvalue weighted by molar-refractivity contribution is 7.08. The molecule has 0 aromatic rings. The second kappa shape index (κ2) is 5.57. The zero-order valence-corrected chi connectivity index (χ0v) is 13.9. The van der Waals surface area contributed by atoms with Gasteiger partial charge in [0.05, 0.1) is 0 Å². The fourth-order valence-electron chi connectivity index (χ4n) is 1.73. The Balaban J connectivity index is 4.86. The summed E-state index contributed by atoms with van der Waals surface area (Å²) in [5.41, 5.74) is 0.250. The molecule has 0 aliphatic rings. The maximum atomic E-state index is 6.63. The standard InChI is InChI=1S/C13H29B2ClN/c1-11(2,3)10-17(14-12(4,5)6)15(16)13(7,8)9/h10H2,1-9H3. The van der Waals surface area contributed by atoms with Crippen LogP contribution >= 0.6 is 11.5 Å². The first kappa shape index (κ1) is 17.4. The summed E-state index contributed by atoms with van der Waals surface area (Å²) >= 11 is 6.63. The van der Waals surface area contributed by atoms with E-state index in [1.54, 1.807) is 0 Å². The average Bonchev–Trinajstić information content (AvgIpc) is 1.94. The Bertz CT molecular complexity index is 219. The van der Waals surface area contributed by atoms with Crippen LogP contribution < -0.4 is 0 Å². The van der Waals surface area contributed by atoms with Crippen LogP contribution in [0.25, 0.3) is 0 Å². The third-order valence-corrected chi connectivity index (χ3v) is 3.12. The van der Waals surface area contributed by atoms with Gasteiger partial charge in [-0.3, -0.25) is 0 Å². The van der Waals surface area contributed by atoms with E-state index in [0.717, 1.165) is 6.54 Å². The van der Waals surface area contributed by atoms with Crippen LogP contribution in [0.1, 0.15) is 62.3 Å². The topological polar surface area (TPSA) is 3.24 Å². The highest BCUT2D eigenvalue weighted by Gasteiger charge is 2.37. The van der Waals surface area contributed by atoms with Crippen molar-refractivity contribution in [2.45, 2.75) is 72.9 Å². The first-order valence-electron chi connectivity index (χ1n) is 6.48. The predicted octanol–water partition coefficient (Wildman–Crippen LogP) is 4.70. The first-order valence-corrected chi connectivity index (χ1v) is 6.92. The highest BCUT2D eigenvalue weighted by atomic mass is 35.5. The molecule has 0 saturated heterocycles. The third-order valence-electron chi connectivity index (χ3n) is 2.22.